The highest BCUT2D eigenvalue weighted by molar-refractivity contribution is 6.43. The predicted octanol–water partition coefficient (Wildman–Crippen LogP) is 1.38. The largest absolute Gasteiger partial charge is 0.376 e. The van der Waals surface area contributed by atoms with Gasteiger partial charge in [-0.1, -0.05) is 0 Å². The van der Waals surface area contributed by atoms with E-state index in [1.165, 1.54) is 29.0 Å². The highest BCUT2D eigenvalue weighted by Crippen LogP contribution is 2.18. The Labute approximate surface area is 159 Å². The third-order valence-electron chi connectivity index (χ3n) is 4.31. The molecule has 0 aliphatic carbocycles. The minimum absolute atomic E-state index is 0.0609. The number of aromatic nitrogens is 1. The Morgan fingerprint density at radius 1 is 1.29 bits per heavy atom. The lowest BCUT2D eigenvalue weighted by molar-refractivity contribution is -0.126. The number of anilines is 1. The molecule has 0 radical (unpaired) electrons. The molecule has 0 saturated carbocycles. The fourth-order valence-electron chi connectivity index (χ4n) is 2.74. The molecule has 1 saturated heterocycles. The predicted molar refractivity (Wildman–Crippen MR) is 96.2 cm³/mol. The third-order valence-corrected chi connectivity index (χ3v) is 4.31. The Bertz CT molecular complexity index is 1020. The fourth-order valence-corrected chi connectivity index (χ4v) is 2.74. The second kappa shape index (κ2) is 7.25. The maximum absolute atomic E-state index is 13.4. The lowest BCUT2D eigenvalue weighted by Gasteiger charge is -2.38. The molecule has 2 aromatic rings. The number of amides is 2. The molecule has 0 atom stereocenters. The molecule has 1 aromatic heterocycles. The van der Waals surface area contributed by atoms with E-state index in [0.29, 0.717) is 13.2 Å². The summed E-state index contributed by atoms with van der Waals surface area (Å²) in [6.45, 7) is 2.43. The summed E-state index contributed by atoms with van der Waals surface area (Å²) in [4.78, 5) is 37.0. The zero-order chi connectivity index (χ0) is 20.5. The van der Waals surface area contributed by atoms with Crippen LogP contribution < -0.4 is 10.6 Å². The lowest BCUT2D eigenvalue weighted by atomic mass is 10.00. The molecule has 9 heteroatoms. The van der Waals surface area contributed by atoms with Crippen molar-refractivity contribution in [3.63, 3.8) is 0 Å². The summed E-state index contributed by atoms with van der Waals surface area (Å²) in [6, 6.07) is 6.58. The molecule has 28 heavy (non-hydrogen) atoms. The van der Waals surface area contributed by atoms with E-state index < -0.39 is 29.0 Å². The van der Waals surface area contributed by atoms with E-state index >= 15 is 0 Å². The summed E-state index contributed by atoms with van der Waals surface area (Å²) < 4.78 is 19.8. The average molecular weight is 384 g/mol. The number of carbonyl (C=O) groups excluding carboxylic acids is 3. The van der Waals surface area contributed by atoms with Gasteiger partial charge in [0.05, 0.1) is 24.3 Å². The first-order valence-corrected chi connectivity index (χ1v) is 8.34. The van der Waals surface area contributed by atoms with Crippen LogP contribution in [-0.4, -0.2) is 40.9 Å². The van der Waals surface area contributed by atoms with Crippen molar-refractivity contribution >= 4 is 23.3 Å². The zero-order valence-corrected chi connectivity index (χ0v) is 15.2. The molecular formula is C19H17FN4O4. The molecule has 1 fully saturated rings. The van der Waals surface area contributed by atoms with Gasteiger partial charge >= 0.3 is 0 Å². The molecule has 1 aliphatic rings. The quantitative estimate of drug-likeness (QED) is 0.597. The van der Waals surface area contributed by atoms with Crippen LogP contribution in [0.15, 0.2) is 30.5 Å². The van der Waals surface area contributed by atoms with E-state index in [0.717, 1.165) is 6.07 Å². The smallest absolute Gasteiger partial charge is 0.293 e. The van der Waals surface area contributed by atoms with Gasteiger partial charge in [0.2, 0.25) is 0 Å². The molecule has 0 bridgehead atoms. The van der Waals surface area contributed by atoms with Gasteiger partial charge in [0.25, 0.3) is 17.6 Å². The molecular weight excluding hydrogens is 367 g/mol. The molecule has 144 valence electrons. The molecule has 2 amide bonds. The second-order valence-electron chi connectivity index (χ2n) is 6.82. The van der Waals surface area contributed by atoms with Crippen molar-refractivity contribution in [1.29, 1.82) is 5.26 Å². The lowest BCUT2D eigenvalue weighted by Crippen LogP contribution is -2.61. The van der Waals surface area contributed by atoms with E-state index in [2.05, 4.69) is 10.6 Å². The summed E-state index contributed by atoms with van der Waals surface area (Å²) in [5, 5.41) is 14.0. The molecule has 0 unspecified atom stereocenters. The number of ketones is 1. The number of halogens is 1. The van der Waals surface area contributed by atoms with Crippen molar-refractivity contribution in [3.05, 3.63) is 53.1 Å². The number of Topliss-reactive ketones (excluding diaryl/α,β-unsaturated/α-hetero) is 1. The van der Waals surface area contributed by atoms with Crippen LogP contribution in [0.3, 0.4) is 0 Å². The van der Waals surface area contributed by atoms with E-state index in [4.69, 9.17) is 10.00 Å². The Kier molecular flexibility index (Phi) is 4.98. The highest BCUT2D eigenvalue weighted by atomic mass is 19.1. The van der Waals surface area contributed by atoms with Gasteiger partial charge in [-0.15, -0.1) is 0 Å². The van der Waals surface area contributed by atoms with Crippen molar-refractivity contribution < 1.29 is 23.5 Å². The first-order valence-electron chi connectivity index (χ1n) is 8.34. The number of rotatable bonds is 5. The Hall–Kier alpha value is -3.51. The average Bonchev–Trinajstić information content (AvgIpc) is 3.03. The molecule has 0 spiro atoms. The summed E-state index contributed by atoms with van der Waals surface area (Å²) in [6.07, 6.45) is 1.38. The number of nitrogens with one attached hydrogen (secondary N) is 2. The molecule has 2 heterocycles. The number of aryl methyl sites for hydroxylation is 1. The Balaban J connectivity index is 1.74. The maximum Gasteiger partial charge on any atom is 0.293 e. The van der Waals surface area contributed by atoms with Crippen molar-refractivity contribution in [2.24, 2.45) is 7.05 Å². The molecule has 8 nitrogen and oxygen atoms in total. The summed E-state index contributed by atoms with van der Waals surface area (Å²) >= 11 is 0. The highest BCUT2D eigenvalue weighted by Gasteiger charge is 2.36. The van der Waals surface area contributed by atoms with Gasteiger partial charge < -0.3 is 19.9 Å². The van der Waals surface area contributed by atoms with Gasteiger partial charge in [0.1, 0.15) is 17.6 Å². The minimum atomic E-state index is -0.777. The van der Waals surface area contributed by atoms with Crippen LogP contribution in [0.1, 0.15) is 33.3 Å². The Morgan fingerprint density at radius 3 is 2.61 bits per heavy atom. The maximum atomic E-state index is 13.4. The number of nitrogens with zero attached hydrogens (tertiary/aromatic N) is 2. The number of carbonyl (C=O) groups is 3. The van der Waals surface area contributed by atoms with E-state index in [1.54, 1.807) is 20.0 Å². The van der Waals surface area contributed by atoms with E-state index in [1.807, 2.05) is 0 Å². The molecule has 2 N–H and O–H groups in total. The molecule has 3 rings (SSSR count). The number of benzene rings is 1. The molecule has 1 aliphatic heterocycles. The number of ether oxygens (including phenoxy) is 1. The van der Waals surface area contributed by atoms with Gasteiger partial charge in [0.15, 0.2) is 0 Å². The minimum Gasteiger partial charge on any atom is -0.376 e. The van der Waals surface area contributed by atoms with Gasteiger partial charge in [-0.2, -0.15) is 5.26 Å². The van der Waals surface area contributed by atoms with Crippen LogP contribution in [0, 0.1) is 17.1 Å². The standard InChI is InChI=1S/C19H17FN4O4/c1-19(9-28-10-19)23-18(27)16(25)12-6-15(24(2)8-12)17(26)22-13-3-4-14(20)11(5-13)7-21/h3-6,8H,9-10H2,1-2H3,(H,22,26)(H,23,27). The summed E-state index contributed by atoms with van der Waals surface area (Å²) in [5.74, 6) is -2.81. The topological polar surface area (TPSA) is 113 Å². The van der Waals surface area contributed by atoms with Crippen molar-refractivity contribution in [2.45, 2.75) is 12.5 Å². The van der Waals surface area contributed by atoms with Crippen LogP contribution in [0.5, 0.6) is 0 Å². The molecule has 1 aromatic carbocycles. The van der Waals surface area contributed by atoms with Gasteiger partial charge in [0, 0.05) is 24.5 Å². The van der Waals surface area contributed by atoms with Gasteiger partial charge in [-0.3, -0.25) is 14.4 Å². The van der Waals surface area contributed by atoms with Crippen molar-refractivity contribution in [3.8, 4) is 6.07 Å². The zero-order valence-electron chi connectivity index (χ0n) is 15.2. The fraction of sp³-hybridized carbons (Fsp3) is 0.263. The first kappa shape index (κ1) is 19.3. The normalized spacial score (nSPS) is 14.5. The third kappa shape index (κ3) is 3.77. The summed E-state index contributed by atoms with van der Waals surface area (Å²) in [7, 11) is 1.55. The van der Waals surface area contributed by atoms with Crippen LogP contribution in [-0.2, 0) is 16.6 Å². The Morgan fingerprint density at radius 2 is 2.00 bits per heavy atom. The van der Waals surface area contributed by atoms with Crippen molar-refractivity contribution in [1.82, 2.24) is 9.88 Å². The first-order chi connectivity index (χ1) is 13.2. The second-order valence-corrected chi connectivity index (χ2v) is 6.82. The SMILES string of the molecule is Cn1cc(C(=O)C(=O)NC2(C)COC2)cc1C(=O)Nc1ccc(F)c(C#N)c1. The van der Waals surface area contributed by atoms with Gasteiger partial charge in [-0.05, 0) is 31.2 Å². The van der Waals surface area contributed by atoms with Crippen LogP contribution >= 0.6 is 0 Å². The van der Waals surface area contributed by atoms with E-state index in [9.17, 15) is 18.8 Å². The monoisotopic (exact) mass is 384 g/mol. The van der Waals surface area contributed by atoms with E-state index in [-0.39, 0.29) is 22.5 Å². The summed E-state index contributed by atoms with van der Waals surface area (Å²) in [5.41, 5.74) is -0.357. The number of hydrogen-bond donors (Lipinski definition) is 2. The van der Waals surface area contributed by atoms with Crippen molar-refractivity contribution in [2.75, 3.05) is 18.5 Å². The van der Waals surface area contributed by atoms with Crippen LogP contribution in [0.4, 0.5) is 10.1 Å². The van der Waals surface area contributed by atoms with Crippen LogP contribution in [0.25, 0.3) is 0 Å². The number of hydrogen-bond acceptors (Lipinski definition) is 5. The number of nitriles is 1. The van der Waals surface area contributed by atoms with Gasteiger partial charge in [-0.25, -0.2) is 4.39 Å². The van der Waals surface area contributed by atoms with Crippen LogP contribution in [0.2, 0.25) is 0 Å².